The summed E-state index contributed by atoms with van der Waals surface area (Å²) in [6.07, 6.45) is 4.56. The van der Waals surface area contributed by atoms with E-state index in [9.17, 15) is 0 Å². The standard InChI is InChI=1S/C13H12N2/c1-2-13-14-9-11-15(13)10-8-12-6-4-3-5-7-12/h3-7,9,11H,2H2,1H3. The lowest BCUT2D eigenvalue weighted by Crippen LogP contribution is -1.94. The number of hydrogen-bond donors (Lipinski definition) is 0. The van der Waals surface area contributed by atoms with E-state index in [0.29, 0.717) is 0 Å². The van der Waals surface area contributed by atoms with Crippen molar-refractivity contribution in [2.24, 2.45) is 0 Å². The van der Waals surface area contributed by atoms with Crippen molar-refractivity contribution in [3.8, 4) is 12.0 Å². The summed E-state index contributed by atoms with van der Waals surface area (Å²) in [5.41, 5.74) is 1.02. The molecule has 0 spiro atoms. The van der Waals surface area contributed by atoms with Gasteiger partial charge in [0.1, 0.15) is 5.82 Å². The molecule has 0 aliphatic carbocycles. The molecule has 1 aromatic heterocycles. The van der Waals surface area contributed by atoms with Crippen molar-refractivity contribution >= 4 is 0 Å². The SMILES string of the molecule is CCc1nccn1C#Cc1ccccc1. The monoisotopic (exact) mass is 196 g/mol. The quantitative estimate of drug-likeness (QED) is 0.640. The van der Waals surface area contributed by atoms with E-state index in [1.54, 1.807) is 6.20 Å². The minimum absolute atomic E-state index is 0.899. The van der Waals surface area contributed by atoms with Crippen LogP contribution in [0.4, 0.5) is 0 Å². The number of aryl methyl sites for hydroxylation is 1. The highest BCUT2D eigenvalue weighted by atomic mass is 15.0. The van der Waals surface area contributed by atoms with E-state index in [4.69, 9.17) is 0 Å². The Morgan fingerprint density at radius 2 is 2.07 bits per heavy atom. The largest absolute Gasteiger partial charge is 0.262 e. The summed E-state index contributed by atoms with van der Waals surface area (Å²) in [7, 11) is 0. The summed E-state index contributed by atoms with van der Waals surface area (Å²) in [5.74, 6) is 4.09. The maximum absolute atomic E-state index is 4.21. The Balaban J connectivity index is 2.26. The van der Waals surface area contributed by atoms with Crippen molar-refractivity contribution in [2.45, 2.75) is 13.3 Å². The zero-order valence-electron chi connectivity index (χ0n) is 8.64. The Labute approximate surface area is 89.6 Å². The van der Waals surface area contributed by atoms with Gasteiger partial charge in [-0.3, -0.25) is 4.57 Å². The fourth-order valence-corrected chi connectivity index (χ4v) is 1.34. The maximum atomic E-state index is 4.21. The highest BCUT2D eigenvalue weighted by Crippen LogP contribution is 1.98. The summed E-state index contributed by atoms with van der Waals surface area (Å²) < 4.78 is 1.87. The molecule has 15 heavy (non-hydrogen) atoms. The Morgan fingerprint density at radius 3 is 2.80 bits per heavy atom. The Kier molecular flexibility index (Phi) is 2.85. The molecule has 0 aliphatic heterocycles. The van der Waals surface area contributed by atoms with Gasteiger partial charge in [-0.2, -0.15) is 0 Å². The van der Waals surface area contributed by atoms with Crippen molar-refractivity contribution in [1.29, 1.82) is 0 Å². The Hall–Kier alpha value is -2.01. The summed E-state index contributed by atoms with van der Waals surface area (Å²) in [4.78, 5) is 4.21. The van der Waals surface area contributed by atoms with Crippen LogP contribution < -0.4 is 0 Å². The van der Waals surface area contributed by atoms with Crippen molar-refractivity contribution in [2.75, 3.05) is 0 Å². The summed E-state index contributed by atoms with van der Waals surface area (Å²) in [6.45, 7) is 2.07. The van der Waals surface area contributed by atoms with E-state index < -0.39 is 0 Å². The molecule has 1 heterocycles. The number of benzene rings is 1. The van der Waals surface area contributed by atoms with Crippen LogP contribution in [0.15, 0.2) is 42.7 Å². The highest BCUT2D eigenvalue weighted by Gasteiger charge is 1.94. The molecule has 0 saturated carbocycles. The van der Waals surface area contributed by atoms with Crippen LogP contribution in [-0.2, 0) is 6.42 Å². The molecule has 2 rings (SSSR count). The van der Waals surface area contributed by atoms with Crippen LogP contribution in [-0.4, -0.2) is 9.55 Å². The lowest BCUT2D eigenvalue weighted by Gasteiger charge is -1.94. The van der Waals surface area contributed by atoms with Crippen LogP contribution >= 0.6 is 0 Å². The topological polar surface area (TPSA) is 17.8 Å². The summed E-state index contributed by atoms with van der Waals surface area (Å²) in [6, 6.07) is 13.0. The van der Waals surface area contributed by atoms with Crippen molar-refractivity contribution in [3.63, 3.8) is 0 Å². The average molecular weight is 196 g/mol. The zero-order chi connectivity index (χ0) is 10.5. The van der Waals surface area contributed by atoms with Gasteiger partial charge in [0.15, 0.2) is 0 Å². The van der Waals surface area contributed by atoms with Crippen molar-refractivity contribution in [3.05, 3.63) is 54.1 Å². The molecule has 0 radical (unpaired) electrons. The molecule has 0 unspecified atom stereocenters. The highest BCUT2D eigenvalue weighted by molar-refractivity contribution is 5.34. The fourth-order valence-electron chi connectivity index (χ4n) is 1.34. The third-order valence-corrected chi connectivity index (χ3v) is 2.13. The van der Waals surface area contributed by atoms with Crippen LogP contribution in [0.25, 0.3) is 0 Å². The van der Waals surface area contributed by atoms with Gasteiger partial charge in [-0.05, 0) is 18.1 Å². The molecular formula is C13H12N2. The number of rotatable bonds is 1. The van der Waals surface area contributed by atoms with E-state index in [1.807, 2.05) is 41.1 Å². The van der Waals surface area contributed by atoms with Gasteiger partial charge in [-0.15, -0.1) is 0 Å². The Morgan fingerprint density at radius 1 is 1.27 bits per heavy atom. The molecule has 0 bridgehead atoms. The van der Waals surface area contributed by atoms with E-state index >= 15 is 0 Å². The third kappa shape index (κ3) is 2.26. The lowest BCUT2D eigenvalue weighted by atomic mass is 10.2. The number of nitrogens with zero attached hydrogens (tertiary/aromatic N) is 2. The average Bonchev–Trinajstić information content (AvgIpc) is 2.75. The first kappa shape index (κ1) is 9.54. The van der Waals surface area contributed by atoms with Gasteiger partial charge < -0.3 is 0 Å². The van der Waals surface area contributed by atoms with Gasteiger partial charge in [0.25, 0.3) is 0 Å². The van der Waals surface area contributed by atoms with Crippen LogP contribution in [0.3, 0.4) is 0 Å². The molecule has 74 valence electrons. The molecule has 0 N–H and O–H groups in total. The van der Waals surface area contributed by atoms with Gasteiger partial charge >= 0.3 is 0 Å². The van der Waals surface area contributed by atoms with Gasteiger partial charge in [-0.25, -0.2) is 4.98 Å². The third-order valence-electron chi connectivity index (χ3n) is 2.13. The predicted octanol–water partition coefficient (Wildman–Crippen LogP) is 2.30. The molecule has 0 aliphatic rings. The Bertz CT molecular complexity index is 486. The predicted molar refractivity (Wildman–Crippen MR) is 60.3 cm³/mol. The van der Waals surface area contributed by atoms with Crippen LogP contribution in [0.2, 0.25) is 0 Å². The molecule has 0 saturated heterocycles. The van der Waals surface area contributed by atoms with E-state index in [-0.39, 0.29) is 0 Å². The van der Waals surface area contributed by atoms with Crippen LogP contribution in [0.5, 0.6) is 0 Å². The van der Waals surface area contributed by atoms with Gasteiger partial charge in [0.2, 0.25) is 0 Å². The first-order valence-corrected chi connectivity index (χ1v) is 4.99. The van der Waals surface area contributed by atoms with Crippen molar-refractivity contribution < 1.29 is 0 Å². The zero-order valence-corrected chi connectivity index (χ0v) is 8.64. The first-order chi connectivity index (χ1) is 7.40. The van der Waals surface area contributed by atoms with Crippen molar-refractivity contribution in [1.82, 2.24) is 9.55 Å². The molecule has 0 fully saturated rings. The molecule has 0 amide bonds. The first-order valence-electron chi connectivity index (χ1n) is 4.99. The molecule has 1 aromatic carbocycles. The molecule has 2 heteroatoms. The smallest absolute Gasteiger partial charge is 0.120 e. The minimum atomic E-state index is 0.899. The molecule has 0 atom stereocenters. The van der Waals surface area contributed by atoms with Gasteiger partial charge in [0, 0.05) is 30.4 Å². The lowest BCUT2D eigenvalue weighted by molar-refractivity contribution is 0.913. The maximum Gasteiger partial charge on any atom is 0.120 e. The van der Waals surface area contributed by atoms with E-state index in [1.165, 1.54) is 0 Å². The minimum Gasteiger partial charge on any atom is -0.262 e. The van der Waals surface area contributed by atoms with E-state index in [0.717, 1.165) is 17.8 Å². The summed E-state index contributed by atoms with van der Waals surface area (Å²) in [5, 5.41) is 0. The van der Waals surface area contributed by atoms with E-state index in [2.05, 4.69) is 23.9 Å². The number of hydrogen-bond acceptors (Lipinski definition) is 1. The normalized spacial score (nSPS) is 9.40. The molecule has 2 nitrogen and oxygen atoms in total. The molecule has 2 aromatic rings. The number of imidazole rings is 1. The summed E-state index contributed by atoms with van der Waals surface area (Å²) >= 11 is 0. The second-order valence-electron chi connectivity index (χ2n) is 3.17. The molecular weight excluding hydrogens is 184 g/mol. The second kappa shape index (κ2) is 4.47. The van der Waals surface area contributed by atoms with Gasteiger partial charge in [0.05, 0.1) is 0 Å². The second-order valence-corrected chi connectivity index (χ2v) is 3.17. The van der Waals surface area contributed by atoms with Crippen LogP contribution in [0, 0.1) is 12.0 Å². The van der Waals surface area contributed by atoms with Gasteiger partial charge in [-0.1, -0.05) is 25.1 Å². The van der Waals surface area contributed by atoms with Crippen LogP contribution in [0.1, 0.15) is 18.3 Å². The number of aromatic nitrogens is 2. The fraction of sp³-hybridized carbons (Fsp3) is 0.154.